The zero-order chi connectivity index (χ0) is 10.3. The van der Waals surface area contributed by atoms with Gasteiger partial charge in [-0.15, -0.1) is 3.89 Å². The van der Waals surface area contributed by atoms with Crippen molar-refractivity contribution in [3.8, 4) is 6.07 Å². The number of carbonyl (C=O) groups excluding carboxylic acids is 1. The maximum absolute atomic E-state index is 11.9. The van der Waals surface area contributed by atoms with Gasteiger partial charge in [-0.1, -0.05) is 0 Å². The molecule has 1 rings (SSSR count). The quantitative estimate of drug-likeness (QED) is 0.405. The van der Waals surface area contributed by atoms with Gasteiger partial charge < -0.3 is 5.11 Å². The number of aldehydes is 1. The van der Waals surface area contributed by atoms with E-state index >= 15 is 0 Å². The Morgan fingerprint density at radius 2 is 2.36 bits per heavy atom. The van der Waals surface area contributed by atoms with Crippen molar-refractivity contribution in [1.82, 2.24) is 8.96 Å². The molecule has 14 heavy (non-hydrogen) atoms. The summed E-state index contributed by atoms with van der Waals surface area (Å²) in [6.07, 6.45) is 1.53. The third-order valence-corrected chi connectivity index (χ3v) is 1.44. The van der Waals surface area contributed by atoms with Gasteiger partial charge in [-0.3, -0.25) is 4.79 Å². The number of rotatable bonds is 2. The minimum absolute atomic E-state index is 0. The third-order valence-electron chi connectivity index (χ3n) is 0.995. The van der Waals surface area contributed by atoms with Crippen LogP contribution in [0.2, 0.25) is 0 Å². The Balaban J connectivity index is 0. The van der Waals surface area contributed by atoms with Gasteiger partial charge in [0.1, 0.15) is 6.07 Å². The second kappa shape index (κ2) is 9.79. The monoisotopic (exact) mass is 241 g/mol. The summed E-state index contributed by atoms with van der Waals surface area (Å²) in [6.45, 7) is 0. The Hall–Kier alpha value is 0.246. The summed E-state index contributed by atoms with van der Waals surface area (Å²) in [5.41, 5.74) is 0.0252. The van der Waals surface area contributed by atoms with Crippen molar-refractivity contribution in [2.75, 3.05) is 7.11 Å². The van der Waals surface area contributed by atoms with Gasteiger partial charge in [0.15, 0.2) is 30.1 Å². The van der Waals surface area contributed by atoms with E-state index in [4.69, 9.17) is 10.4 Å². The van der Waals surface area contributed by atoms with Crippen molar-refractivity contribution in [3.63, 3.8) is 0 Å². The van der Waals surface area contributed by atoms with Crippen molar-refractivity contribution >= 4 is 18.6 Å². The molecule has 0 unspecified atom stereocenters. The normalized spacial score (nSPS) is 7.57. The van der Waals surface area contributed by atoms with E-state index in [1.54, 1.807) is 6.07 Å². The number of nitrogens with zero attached hydrogens (tertiary/aromatic N) is 3. The molecule has 0 aliphatic rings. The van der Waals surface area contributed by atoms with Crippen molar-refractivity contribution in [2.45, 2.75) is 0 Å². The number of nitriles is 1. The molecule has 0 bridgehead atoms. The number of imidazole rings is 1. The average Bonchev–Trinajstić information content (AvgIpc) is 2.63. The number of hydrogen-bond acceptors (Lipinski definition) is 5. The Bertz CT molecular complexity index is 325. The van der Waals surface area contributed by atoms with Crippen molar-refractivity contribution in [2.24, 2.45) is 0 Å². The molecule has 1 aromatic heterocycles. The Kier molecular flexibility index (Phi) is 11.7. The van der Waals surface area contributed by atoms with E-state index < -0.39 is 0 Å². The topological polar surface area (TPSA) is 81.7 Å². The summed E-state index contributed by atoms with van der Waals surface area (Å²) >= 11 is -0.172. The van der Waals surface area contributed by atoms with Crippen molar-refractivity contribution < 1.29 is 65.2 Å². The molecule has 1 aromatic rings. The minimum Gasteiger partial charge on any atom is -0.857 e. The summed E-state index contributed by atoms with van der Waals surface area (Å²) in [5, 5.41) is 16.5. The molecule has 1 heterocycles. The van der Waals surface area contributed by atoms with Crippen LogP contribution in [0.1, 0.15) is 16.3 Å². The minimum atomic E-state index is -0.172. The van der Waals surface area contributed by atoms with E-state index in [1.807, 2.05) is 0 Å². The number of hydrogen-bond donors (Lipinski definition) is 0. The molecule has 0 aliphatic carbocycles. The number of halogens is 1. The summed E-state index contributed by atoms with van der Waals surface area (Å²) in [5.74, 6) is -0.103. The Labute approximate surface area is 127 Å². The van der Waals surface area contributed by atoms with E-state index in [9.17, 15) is 8.68 Å². The second-order valence-corrected chi connectivity index (χ2v) is 2.14. The molecule has 5 nitrogen and oxygen atoms in total. The molecule has 0 radical (unpaired) electrons. The molecule has 0 saturated carbocycles. The van der Waals surface area contributed by atoms with Gasteiger partial charge in [0, 0.05) is 0 Å². The molecule has 8 heteroatoms. The molecule has 0 saturated heterocycles. The predicted molar refractivity (Wildman–Crippen MR) is 42.4 cm³/mol. The van der Waals surface area contributed by atoms with E-state index in [0.29, 0.717) is 6.29 Å². The summed E-state index contributed by atoms with van der Waals surface area (Å²) < 4.78 is 12.8. The first-order valence-corrected chi connectivity index (χ1v) is 3.63. The standard InChI is InChI=1S/C5H2FN3OS.CH3O.K/c6-11-9-2-4(1-7)8-5(9)3-10;1-2;/h2-3H;1H3;/q;-1;+1. The van der Waals surface area contributed by atoms with E-state index in [1.165, 1.54) is 0 Å². The molecule has 70 valence electrons. The van der Waals surface area contributed by atoms with Crippen molar-refractivity contribution in [3.05, 3.63) is 17.7 Å². The smallest absolute Gasteiger partial charge is 0.857 e. The maximum Gasteiger partial charge on any atom is 1.00 e. The van der Waals surface area contributed by atoms with Crippen LogP contribution in [0.3, 0.4) is 0 Å². The van der Waals surface area contributed by atoms with Crippen LogP contribution in [-0.2, 0) is 0 Å². The summed E-state index contributed by atoms with van der Waals surface area (Å²) in [7, 11) is 0.750. The second-order valence-electron chi connectivity index (χ2n) is 1.61. The molecule has 0 aliphatic heterocycles. The molecule has 0 amide bonds. The van der Waals surface area contributed by atoms with Gasteiger partial charge in [-0.2, -0.15) is 12.4 Å². The van der Waals surface area contributed by atoms with Gasteiger partial charge in [0.25, 0.3) is 0 Å². The van der Waals surface area contributed by atoms with E-state index in [0.717, 1.165) is 17.3 Å². The molecule has 0 N–H and O–H groups in total. The van der Waals surface area contributed by atoms with Crippen LogP contribution in [0, 0.1) is 11.3 Å². The van der Waals surface area contributed by atoms with Gasteiger partial charge >= 0.3 is 51.4 Å². The van der Waals surface area contributed by atoms with Crippen LogP contribution in [0.4, 0.5) is 3.89 Å². The summed E-state index contributed by atoms with van der Waals surface area (Å²) in [6, 6.07) is 1.69. The molecule has 0 aromatic carbocycles. The first-order chi connectivity index (χ1) is 6.31. The van der Waals surface area contributed by atoms with Crippen molar-refractivity contribution in [1.29, 1.82) is 5.26 Å². The SMILES string of the molecule is C[O-].N#Cc1cn(SF)c(C=O)n1.[K+]. The average molecular weight is 241 g/mol. The van der Waals surface area contributed by atoms with Crippen LogP contribution in [0.25, 0.3) is 0 Å². The molecule has 0 atom stereocenters. The van der Waals surface area contributed by atoms with Gasteiger partial charge in [-0.05, 0) is 0 Å². The zero-order valence-electron chi connectivity index (χ0n) is 7.60. The number of carbonyl (C=O) groups is 1. The Morgan fingerprint density at radius 3 is 2.64 bits per heavy atom. The Morgan fingerprint density at radius 1 is 1.79 bits per heavy atom. The van der Waals surface area contributed by atoms with Crippen LogP contribution < -0.4 is 56.5 Å². The molecular formula is C6H5FKN3O2S. The van der Waals surface area contributed by atoms with Crippen LogP contribution in [-0.4, -0.2) is 22.4 Å². The molecule has 0 fully saturated rings. The van der Waals surface area contributed by atoms with E-state index in [-0.39, 0.29) is 75.2 Å². The predicted octanol–water partition coefficient (Wildman–Crippen LogP) is -3.07. The third kappa shape index (κ3) is 4.65. The zero-order valence-corrected chi connectivity index (χ0v) is 11.5. The first kappa shape index (κ1) is 16.7. The summed E-state index contributed by atoms with van der Waals surface area (Å²) in [4.78, 5) is 13.6. The first-order valence-electron chi connectivity index (χ1n) is 2.96. The van der Waals surface area contributed by atoms with E-state index in [2.05, 4.69) is 4.98 Å². The fourth-order valence-electron chi connectivity index (χ4n) is 0.566. The molecular weight excluding hydrogens is 236 g/mol. The van der Waals surface area contributed by atoms with Crippen LogP contribution >= 0.6 is 12.3 Å². The van der Waals surface area contributed by atoms with Crippen LogP contribution in [0.15, 0.2) is 6.20 Å². The van der Waals surface area contributed by atoms with Gasteiger partial charge in [0.2, 0.25) is 0 Å². The molecule has 0 spiro atoms. The fraction of sp³-hybridized carbons (Fsp3) is 0.167. The van der Waals surface area contributed by atoms with Crippen LogP contribution in [0.5, 0.6) is 0 Å². The number of aromatic nitrogens is 2. The van der Waals surface area contributed by atoms with Gasteiger partial charge in [0.05, 0.1) is 6.20 Å². The maximum atomic E-state index is 11.9. The fourth-order valence-corrected chi connectivity index (χ4v) is 0.860. The largest absolute Gasteiger partial charge is 1.00 e. The van der Waals surface area contributed by atoms with Gasteiger partial charge in [-0.25, -0.2) is 8.96 Å².